The van der Waals surface area contributed by atoms with Gasteiger partial charge in [0.1, 0.15) is 5.69 Å². The molecule has 3 fully saturated rings. The van der Waals surface area contributed by atoms with Crippen LogP contribution in [-0.2, 0) is 10.0 Å². The van der Waals surface area contributed by atoms with Gasteiger partial charge in [0.05, 0.1) is 30.4 Å². The van der Waals surface area contributed by atoms with Crippen LogP contribution in [0.5, 0.6) is 5.75 Å². The molecule has 0 spiro atoms. The van der Waals surface area contributed by atoms with Crippen LogP contribution in [0.4, 0.5) is 10.1 Å². The molecule has 0 amide bonds. The lowest BCUT2D eigenvalue weighted by atomic mass is 10.1. The molecule has 0 bridgehead atoms. The number of aromatic nitrogens is 2. The molecule has 5 rings (SSSR count). The van der Waals surface area contributed by atoms with Gasteiger partial charge in [0.25, 0.3) is 0 Å². The van der Waals surface area contributed by atoms with Crippen LogP contribution in [0.15, 0.2) is 35.3 Å². The minimum atomic E-state index is -3.32. The summed E-state index contributed by atoms with van der Waals surface area (Å²) in [6.07, 6.45) is 6.38. The van der Waals surface area contributed by atoms with Crippen molar-refractivity contribution in [3.8, 4) is 11.4 Å². The van der Waals surface area contributed by atoms with Crippen molar-refractivity contribution in [2.75, 3.05) is 44.4 Å². The van der Waals surface area contributed by atoms with Crippen molar-refractivity contribution in [3.63, 3.8) is 0 Å². The van der Waals surface area contributed by atoms with Crippen molar-refractivity contribution in [1.29, 1.82) is 0 Å². The van der Waals surface area contributed by atoms with E-state index in [0.717, 1.165) is 38.5 Å². The van der Waals surface area contributed by atoms with Crippen LogP contribution in [0.25, 0.3) is 5.69 Å². The number of anilines is 1. The molecular formula is C24H30ClFN4O4S. The van der Waals surface area contributed by atoms with Gasteiger partial charge in [-0.1, -0.05) is 30.5 Å². The van der Waals surface area contributed by atoms with Crippen LogP contribution in [0.1, 0.15) is 38.5 Å². The smallest absolute Gasteiger partial charge is 0.316 e. The number of ether oxygens (including phenoxy) is 1. The average molecular weight is 525 g/mol. The SMILES string of the molecule is O=c1c(OCC2(CF)CC2)c(N2CCN(S(=O)(=O)C3CCCC3)CC2)cnn1-c1cccc(Cl)c1. The third kappa shape index (κ3) is 4.93. The first-order valence-corrected chi connectivity index (χ1v) is 14.0. The first-order valence-electron chi connectivity index (χ1n) is 12.1. The molecule has 1 aliphatic heterocycles. The summed E-state index contributed by atoms with van der Waals surface area (Å²) in [5, 5.41) is 4.54. The van der Waals surface area contributed by atoms with Crippen LogP contribution >= 0.6 is 11.6 Å². The number of hydrogen-bond acceptors (Lipinski definition) is 6. The summed E-state index contributed by atoms with van der Waals surface area (Å²) in [5.74, 6) is 0.104. The van der Waals surface area contributed by atoms with Crippen molar-refractivity contribution < 1.29 is 17.5 Å². The predicted molar refractivity (Wildman–Crippen MR) is 133 cm³/mol. The monoisotopic (exact) mass is 524 g/mol. The van der Waals surface area contributed by atoms with Gasteiger partial charge in [0.15, 0.2) is 0 Å². The number of rotatable bonds is 8. The van der Waals surface area contributed by atoms with E-state index < -0.39 is 27.7 Å². The fourth-order valence-electron chi connectivity index (χ4n) is 4.88. The van der Waals surface area contributed by atoms with Crippen LogP contribution in [0, 0.1) is 5.41 Å². The molecular weight excluding hydrogens is 495 g/mol. The predicted octanol–water partition coefficient (Wildman–Crippen LogP) is 3.41. The van der Waals surface area contributed by atoms with Gasteiger partial charge in [0, 0.05) is 36.6 Å². The molecule has 2 aromatic rings. The maximum atomic E-state index is 13.5. The molecule has 2 saturated carbocycles. The normalized spacial score (nSPS) is 20.8. The molecule has 2 aliphatic carbocycles. The van der Waals surface area contributed by atoms with Gasteiger partial charge in [-0.05, 0) is 43.9 Å². The van der Waals surface area contributed by atoms with E-state index >= 15 is 0 Å². The third-order valence-electron chi connectivity index (χ3n) is 7.39. The van der Waals surface area contributed by atoms with Crippen LogP contribution in [0.3, 0.4) is 0 Å². The Balaban J connectivity index is 1.41. The van der Waals surface area contributed by atoms with Crippen molar-refractivity contribution in [3.05, 3.63) is 45.8 Å². The van der Waals surface area contributed by atoms with E-state index in [1.54, 1.807) is 34.8 Å². The second-order valence-electron chi connectivity index (χ2n) is 9.82. The molecule has 0 unspecified atom stereocenters. The fraction of sp³-hybridized carbons (Fsp3) is 0.583. The molecule has 1 aromatic heterocycles. The molecule has 1 aromatic carbocycles. The van der Waals surface area contributed by atoms with Crippen molar-refractivity contribution in [2.24, 2.45) is 5.41 Å². The quantitative estimate of drug-likeness (QED) is 0.526. The van der Waals surface area contributed by atoms with Gasteiger partial charge >= 0.3 is 5.56 Å². The lowest BCUT2D eigenvalue weighted by Crippen LogP contribution is -2.51. The van der Waals surface area contributed by atoms with Crippen molar-refractivity contribution in [2.45, 2.75) is 43.8 Å². The Morgan fingerprint density at radius 1 is 1.14 bits per heavy atom. The van der Waals surface area contributed by atoms with E-state index in [9.17, 15) is 17.6 Å². The summed E-state index contributed by atoms with van der Waals surface area (Å²) in [7, 11) is -3.32. The second-order valence-corrected chi connectivity index (χ2v) is 12.5. The number of nitrogens with zero attached hydrogens (tertiary/aromatic N) is 4. The summed E-state index contributed by atoms with van der Waals surface area (Å²) in [4.78, 5) is 15.4. The highest BCUT2D eigenvalue weighted by Crippen LogP contribution is 2.46. The van der Waals surface area contributed by atoms with E-state index in [2.05, 4.69) is 5.10 Å². The molecule has 0 N–H and O–H groups in total. The Bertz CT molecular complexity index is 1240. The number of benzene rings is 1. The van der Waals surface area contributed by atoms with E-state index in [1.807, 2.05) is 4.90 Å². The Labute approximate surface area is 209 Å². The molecule has 1 saturated heterocycles. The number of piperazine rings is 1. The summed E-state index contributed by atoms with van der Waals surface area (Å²) in [6.45, 7) is 1.13. The highest BCUT2D eigenvalue weighted by atomic mass is 35.5. The molecule has 8 nitrogen and oxygen atoms in total. The number of alkyl halides is 1. The molecule has 11 heteroatoms. The molecule has 190 valence electrons. The van der Waals surface area contributed by atoms with E-state index in [4.69, 9.17) is 16.3 Å². The second kappa shape index (κ2) is 9.71. The Morgan fingerprint density at radius 3 is 2.49 bits per heavy atom. The first-order chi connectivity index (χ1) is 16.8. The molecule has 3 aliphatic rings. The van der Waals surface area contributed by atoms with Crippen molar-refractivity contribution in [1.82, 2.24) is 14.1 Å². The number of hydrogen-bond donors (Lipinski definition) is 0. The average Bonchev–Trinajstić information content (AvgIpc) is 3.42. The first kappa shape index (κ1) is 24.5. The largest absolute Gasteiger partial charge is 0.486 e. The Hall–Kier alpha value is -2.17. The van der Waals surface area contributed by atoms with Gasteiger partial charge in [-0.25, -0.2) is 8.42 Å². The molecule has 2 heterocycles. The topological polar surface area (TPSA) is 84.7 Å². The Morgan fingerprint density at radius 2 is 1.86 bits per heavy atom. The van der Waals surface area contributed by atoms with Gasteiger partial charge in [-0.15, -0.1) is 0 Å². The van der Waals surface area contributed by atoms with Crippen LogP contribution < -0.4 is 15.2 Å². The fourth-order valence-corrected chi connectivity index (χ4v) is 7.09. The third-order valence-corrected chi connectivity index (χ3v) is 10.0. The van der Waals surface area contributed by atoms with E-state index in [1.165, 1.54) is 4.68 Å². The van der Waals surface area contributed by atoms with Gasteiger partial charge < -0.3 is 9.64 Å². The molecule has 0 atom stereocenters. The zero-order chi connectivity index (χ0) is 24.6. The lowest BCUT2D eigenvalue weighted by Gasteiger charge is -2.36. The van der Waals surface area contributed by atoms with E-state index in [-0.39, 0.29) is 17.6 Å². The molecule has 35 heavy (non-hydrogen) atoms. The zero-order valence-electron chi connectivity index (χ0n) is 19.5. The van der Waals surface area contributed by atoms with Gasteiger partial charge in [-0.2, -0.15) is 14.1 Å². The van der Waals surface area contributed by atoms with Crippen LogP contribution in [0.2, 0.25) is 5.02 Å². The maximum Gasteiger partial charge on any atom is 0.316 e. The summed E-state index contributed by atoms with van der Waals surface area (Å²) < 4.78 is 48.3. The van der Waals surface area contributed by atoms with Crippen LogP contribution in [-0.4, -0.2) is 67.2 Å². The standard InChI is InChI=1S/C24H30ClFN4O4S/c25-18-4-3-5-19(14-18)30-23(31)22(34-17-24(16-26)8-9-24)21(15-27-30)28-10-12-29(13-11-28)35(32,33)20-6-1-2-7-20/h3-5,14-15,20H,1-2,6-13,16-17H2. The molecule has 0 radical (unpaired) electrons. The van der Waals surface area contributed by atoms with Crippen molar-refractivity contribution >= 4 is 27.3 Å². The van der Waals surface area contributed by atoms with E-state index in [0.29, 0.717) is 42.6 Å². The maximum absolute atomic E-state index is 13.5. The minimum absolute atomic E-state index is 0.104. The van der Waals surface area contributed by atoms with Gasteiger partial charge in [-0.3, -0.25) is 9.18 Å². The lowest BCUT2D eigenvalue weighted by molar-refractivity contribution is 0.197. The Kier molecular flexibility index (Phi) is 6.80. The van der Waals surface area contributed by atoms with Gasteiger partial charge in [0.2, 0.25) is 15.8 Å². The summed E-state index contributed by atoms with van der Waals surface area (Å²) in [5.41, 5.74) is 0.0151. The zero-order valence-corrected chi connectivity index (χ0v) is 21.1. The summed E-state index contributed by atoms with van der Waals surface area (Å²) >= 11 is 6.11. The number of sulfonamides is 1. The highest BCUT2D eigenvalue weighted by Gasteiger charge is 2.44. The number of halogens is 2. The summed E-state index contributed by atoms with van der Waals surface area (Å²) in [6, 6.07) is 6.79. The minimum Gasteiger partial charge on any atom is -0.486 e. The highest BCUT2D eigenvalue weighted by molar-refractivity contribution is 7.89.